The van der Waals surface area contributed by atoms with Gasteiger partial charge in [0.15, 0.2) is 0 Å². The molecule has 0 saturated heterocycles. The van der Waals surface area contributed by atoms with E-state index in [0.29, 0.717) is 6.71 Å². The molecule has 2 rings (SSSR count). The van der Waals surface area contributed by atoms with Gasteiger partial charge in [0.25, 0.3) is 0 Å². The Morgan fingerprint density at radius 3 is 1.78 bits per heavy atom. The molecule has 0 aliphatic carbocycles. The zero-order valence-electron chi connectivity index (χ0n) is 10.5. The van der Waals surface area contributed by atoms with Crippen molar-refractivity contribution >= 4 is 17.6 Å². The Hall–Kier alpha value is -2.02. The van der Waals surface area contributed by atoms with Crippen molar-refractivity contribution < 1.29 is 0 Å². The lowest BCUT2D eigenvalue weighted by Crippen LogP contribution is -2.41. The van der Waals surface area contributed by atoms with Crippen molar-refractivity contribution in [2.75, 3.05) is 0 Å². The Balaban J connectivity index is 2.29. The zero-order chi connectivity index (χ0) is 12.6. The van der Waals surface area contributed by atoms with E-state index in [-0.39, 0.29) is 0 Å². The lowest BCUT2D eigenvalue weighted by atomic mass is 9.39. The topological polar surface area (TPSA) is 0 Å². The fourth-order valence-corrected chi connectivity index (χ4v) is 2.15. The highest BCUT2D eigenvalue weighted by Crippen LogP contribution is 1.99. The second kappa shape index (κ2) is 6.66. The average molecular weight is 232 g/mol. The molecule has 0 N–H and O–H groups in total. The van der Waals surface area contributed by atoms with Crippen LogP contribution < -0.4 is 10.9 Å². The van der Waals surface area contributed by atoms with Gasteiger partial charge in [-0.15, -0.1) is 0 Å². The lowest BCUT2D eigenvalue weighted by molar-refractivity contribution is 1.62. The van der Waals surface area contributed by atoms with Crippen molar-refractivity contribution in [1.29, 1.82) is 0 Å². The van der Waals surface area contributed by atoms with Crippen LogP contribution >= 0.6 is 0 Å². The van der Waals surface area contributed by atoms with Gasteiger partial charge in [0.1, 0.15) is 0 Å². The van der Waals surface area contributed by atoms with E-state index in [1.807, 2.05) is 12.2 Å². The van der Waals surface area contributed by atoms with E-state index in [2.05, 4.69) is 73.3 Å². The van der Waals surface area contributed by atoms with Crippen LogP contribution in [-0.4, -0.2) is 6.71 Å². The molecule has 2 aromatic carbocycles. The van der Waals surface area contributed by atoms with Crippen molar-refractivity contribution in [3.63, 3.8) is 0 Å². The first-order valence-electron chi connectivity index (χ1n) is 6.29. The fourth-order valence-electron chi connectivity index (χ4n) is 2.15. The highest BCUT2D eigenvalue weighted by molar-refractivity contribution is 6.85. The van der Waals surface area contributed by atoms with E-state index in [0.717, 1.165) is 6.32 Å². The van der Waals surface area contributed by atoms with Gasteiger partial charge < -0.3 is 0 Å². The summed E-state index contributed by atoms with van der Waals surface area (Å²) < 4.78 is 0. The van der Waals surface area contributed by atoms with E-state index in [4.69, 9.17) is 0 Å². The quantitative estimate of drug-likeness (QED) is 0.549. The van der Waals surface area contributed by atoms with Crippen LogP contribution in [0.3, 0.4) is 0 Å². The maximum atomic E-state index is 3.72. The number of rotatable bonds is 5. The van der Waals surface area contributed by atoms with E-state index in [9.17, 15) is 0 Å². The molecule has 0 nitrogen and oxygen atoms in total. The van der Waals surface area contributed by atoms with Crippen molar-refractivity contribution in [2.24, 2.45) is 0 Å². The molecule has 0 heterocycles. The normalized spacial score (nSPS) is 10.4. The smallest absolute Gasteiger partial charge is 0.0991 e. The molecule has 0 unspecified atom stereocenters. The molecule has 0 aliphatic rings. The summed E-state index contributed by atoms with van der Waals surface area (Å²) in [6.45, 7) is 4.14. The standard InChI is InChI=1S/C17H17B/c1-2-3-10-15-18(16-11-6-4-7-12-16)17-13-8-5-9-14-17/h2-14H,1,15H2/b10-3+. The van der Waals surface area contributed by atoms with E-state index in [1.54, 1.807) is 0 Å². The summed E-state index contributed by atoms with van der Waals surface area (Å²) in [6.07, 6.45) is 7.02. The van der Waals surface area contributed by atoms with Gasteiger partial charge in [0.2, 0.25) is 6.71 Å². The Labute approximate surface area is 110 Å². The summed E-state index contributed by atoms with van der Waals surface area (Å²) in [5.41, 5.74) is 2.72. The van der Waals surface area contributed by atoms with E-state index < -0.39 is 0 Å². The van der Waals surface area contributed by atoms with Gasteiger partial charge in [-0.25, -0.2) is 0 Å². The molecule has 0 saturated carbocycles. The average Bonchev–Trinajstić information content (AvgIpc) is 2.46. The molecule has 0 spiro atoms. The van der Waals surface area contributed by atoms with Gasteiger partial charge in [0.05, 0.1) is 0 Å². The van der Waals surface area contributed by atoms with Crippen molar-refractivity contribution in [3.05, 3.63) is 85.5 Å². The van der Waals surface area contributed by atoms with E-state index >= 15 is 0 Å². The second-order valence-corrected chi connectivity index (χ2v) is 4.27. The molecule has 1 heteroatoms. The van der Waals surface area contributed by atoms with Gasteiger partial charge in [-0.3, -0.25) is 0 Å². The minimum absolute atomic E-state index is 0.420. The van der Waals surface area contributed by atoms with Crippen LogP contribution in [0.25, 0.3) is 0 Å². The summed E-state index contributed by atoms with van der Waals surface area (Å²) in [6, 6.07) is 21.3. The van der Waals surface area contributed by atoms with E-state index in [1.165, 1.54) is 10.9 Å². The molecular weight excluding hydrogens is 215 g/mol. The largest absolute Gasteiger partial charge is 0.213 e. The molecule has 18 heavy (non-hydrogen) atoms. The summed E-state index contributed by atoms with van der Waals surface area (Å²) in [5, 5.41) is 0. The van der Waals surface area contributed by atoms with Gasteiger partial charge in [0, 0.05) is 0 Å². The van der Waals surface area contributed by atoms with Crippen LogP contribution in [0.1, 0.15) is 0 Å². The number of benzene rings is 2. The Morgan fingerprint density at radius 2 is 1.33 bits per heavy atom. The van der Waals surface area contributed by atoms with Gasteiger partial charge in [-0.1, -0.05) is 96.4 Å². The minimum Gasteiger partial charge on any atom is -0.0991 e. The highest BCUT2D eigenvalue weighted by Gasteiger charge is 2.16. The second-order valence-electron chi connectivity index (χ2n) is 4.27. The molecule has 0 aliphatic heterocycles. The Bertz CT molecular complexity index is 460. The molecule has 88 valence electrons. The first-order chi connectivity index (χ1) is 8.92. The van der Waals surface area contributed by atoms with Gasteiger partial charge in [-0.05, 0) is 6.32 Å². The molecule has 0 atom stereocenters. The monoisotopic (exact) mass is 232 g/mol. The van der Waals surface area contributed by atoms with Crippen LogP contribution in [0.2, 0.25) is 6.32 Å². The summed E-state index contributed by atoms with van der Waals surface area (Å²) in [4.78, 5) is 0. The summed E-state index contributed by atoms with van der Waals surface area (Å²) >= 11 is 0. The fraction of sp³-hybridized carbons (Fsp3) is 0.0588. The van der Waals surface area contributed by atoms with Crippen molar-refractivity contribution in [2.45, 2.75) is 6.32 Å². The molecule has 0 fully saturated rings. The van der Waals surface area contributed by atoms with Crippen LogP contribution in [0.4, 0.5) is 0 Å². The minimum atomic E-state index is 0.420. The third-order valence-electron chi connectivity index (χ3n) is 3.05. The highest BCUT2D eigenvalue weighted by atomic mass is 13.9. The number of hydrogen-bond donors (Lipinski definition) is 0. The predicted octanol–water partition coefficient (Wildman–Crippen LogP) is 3.04. The molecule has 0 bridgehead atoms. The number of allylic oxidation sites excluding steroid dienone is 3. The van der Waals surface area contributed by atoms with Crippen LogP contribution in [0, 0.1) is 0 Å². The number of hydrogen-bond acceptors (Lipinski definition) is 0. The first-order valence-corrected chi connectivity index (χ1v) is 6.29. The van der Waals surface area contributed by atoms with Gasteiger partial charge >= 0.3 is 0 Å². The first kappa shape index (κ1) is 12.4. The molecule has 2 aromatic rings. The van der Waals surface area contributed by atoms with Crippen LogP contribution in [-0.2, 0) is 0 Å². The predicted molar refractivity (Wildman–Crippen MR) is 82.1 cm³/mol. The molecule has 0 radical (unpaired) electrons. The van der Waals surface area contributed by atoms with Gasteiger partial charge in [-0.2, -0.15) is 0 Å². The molecule has 0 aromatic heterocycles. The third-order valence-corrected chi connectivity index (χ3v) is 3.05. The van der Waals surface area contributed by atoms with Crippen LogP contribution in [0.15, 0.2) is 85.5 Å². The summed E-state index contributed by atoms with van der Waals surface area (Å²) in [7, 11) is 0. The van der Waals surface area contributed by atoms with Crippen LogP contribution in [0.5, 0.6) is 0 Å². The lowest BCUT2D eigenvalue weighted by Gasteiger charge is -2.12. The van der Waals surface area contributed by atoms with Crippen molar-refractivity contribution in [1.82, 2.24) is 0 Å². The summed E-state index contributed by atoms with van der Waals surface area (Å²) in [5.74, 6) is 0. The zero-order valence-corrected chi connectivity index (χ0v) is 10.5. The maximum absolute atomic E-state index is 3.72. The Kier molecular flexibility index (Phi) is 4.60. The van der Waals surface area contributed by atoms with Crippen molar-refractivity contribution in [3.8, 4) is 0 Å². The SMILES string of the molecule is C=C/C=C/CB(c1ccccc1)c1ccccc1. The molecule has 0 amide bonds. The molecular formula is C17H17B. The third kappa shape index (κ3) is 3.24. The maximum Gasteiger partial charge on any atom is 0.213 e. The Morgan fingerprint density at radius 1 is 0.833 bits per heavy atom.